The van der Waals surface area contributed by atoms with Gasteiger partial charge < -0.3 is 14.6 Å². The maximum atomic E-state index is 12.4. The molecule has 13 heteroatoms. The third-order valence-electron chi connectivity index (χ3n) is 11.7. The number of benzene rings is 8. The summed E-state index contributed by atoms with van der Waals surface area (Å²) >= 11 is 0. The first kappa shape index (κ1) is 49.9. The maximum absolute atomic E-state index is 12.4. The molecule has 0 aliphatic heterocycles. The molecule has 0 fully saturated rings. The summed E-state index contributed by atoms with van der Waals surface area (Å²) < 4.78 is 11.9. The fourth-order valence-electron chi connectivity index (χ4n) is 9.00. The Bertz CT molecular complexity index is 3340. The Balaban J connectivity index is 0.000000142. The van der Waals surface area contributed by atoms with Crippen LogP contribution in [0.25, 0.3) is 71.7 Å². The molecule has 0 atom stereocenters. The van der Waals surface area contributed by atoms with Crippen molar-refractivity contribution in [3.63, 3.8) is 0 Å². The van der Waals surface area contributed by atoms with E-state index >= 15 is 0 Å². The van der Waals surface area contributed by atoms with Gasteiger partial charge in [-0.25, -0.2) is 0 Å². The summed E-state index contributed by atoms with van der Waals surface area (Å²) in [4.78, 5) is 4.86. The first-order chi connectivity index (χ1) is 33.6. The van der Waals surface area contributed by atoms with Crippen LogP contribution in [-0.2, 0) is 25.5 Å². The average molecular weight is 1120 g/mol. The molecule has 0 spiro atoms. The molecule has 0 unspecified atom stereocenters. The largest absolute Gasteiger partial charge is 0.871 e. The average Bonchev–Trinajstić information content (AvgIpc) is 4.09. The summed E-state index contributed by atoms with van der Waals surface area (Å²) in [6.07, 6.45) is 1.29. The van der Waals surface area contributed by atoms with Gasteiger partial charge in [0.05, 0.1) is 29.3 Å². The molecule has 11 aromatic rings. The van der Waals surface area contributed by atoms with Crippen LogP contribution < -0.4 is 14.6 Å². The van der Waals surface area contributed by atoms with Crippen molar-refractivity contribution in [1.29, 1.82) is 0 Å². The standard InChI is InChI=1S/C20H25N3O.2C19H17N3O.Ir/c1-19(2,3)13-20(4,5)14-10-11-18(24)17(12-14)23-21-15-8-6-7-9-16(15)22-23;2*1-13(2)23-19-12-11-18(14-7-3-4-8-15(14)19)22-20-16-9-5-6-10-17(16)21-22;/h6-12,24H,13H2,1-5H3;2*3-13H,1-2H3;/p-1. The van der Waals surface area contributed by atoms with Gasteiger partial charge >= 0.3 is 0 Å². The zero-order chi connectivity index (χ0) is 49.2. The molecule has 8 aromatic carbocycles. The smallest absolute Gasteiger partial charge is 0.127 e. The zero-order valence-electron chi connectivity index (χ0n) is 41.5. The van der Waals surface area contributed by atoms with Crippen LogP contribution in [0.4, 0.5) is 0 Å². The van der Waals surface area contributed by atoms with Crippen molar-refractivity contribution in [3.8, 4) is 34.3 Å². The molecular weight excluding hydrogens is 1060 g/mol. The summed E-state index contributed by atoms with van der Waals surface area (Å²) in [5.41, 5.74) is 8.84. The SMILES string of the molecule is CC(C)(C)CC(C)(C)c1ccc([O-])c(-n2nc3ccccc3n2)c1.CC(C)Oc1ccc(-n2nc3ccccc3n2)c2ccccc12.CC(C)Oc1ccc(-n2nc3ccccc3n2)c2ccccc12.[Ir]. The molecule has 12 nitrogen and oxygen atoms in total. The third-order valence-corrected chi connectivity index (χ3v) is 11.7. The van der Waals surface area contributed by atoms with E-state index in [-0.39, 0.29) is 48.9 Å². The van der Waals surface area contributed by atoms with Crippen LogP contribution in [0, 0.1) is 5.41 Å². The molecule has 0 N–H and O–H groups in total. The Morgan fingerprint density at radius 2 is 0.746 bits per heavy atom. The number of ether oxygens (including phenoxy) is 2. The molecular formula is C58H58IrN9O3-. The molecule has 0 saturated carbocycles. The number of aromatic nitrogens is 9. The van der Waals surface area contributed by atoms with E-state index in [1.807, 2.05) is 161 Å². The minimum absolute atomic E-state index is 0. The van der Waals surface area contributed by atoms with Gasteiger partial charge in [0.25, 0.3) is 0 Å². The molecule has 0 aliphatic rings. The molecule has 1 radical (unpaired) electrons. The Labute approximate surface area is 427 Å². The van der Waals surface area contributed by atoms with Gasteiger partial charge in [0, 0.05) is 41.7 Å². The molecule has 11 rings (SSSR count). The molecule has 0 amide bonds. The summed E-state index contributed by atoms with van der Waals surface area (Å²) in [5, 5.41) is 43.9. The fourth-order valence-corrected chi connectivity index (χ4v) is 9.00. The van der Waals surface area contributed by atoms with Crippen LogP contribution in [0.2, 0.25) is 0 Å². The van der Waals surface area contributed by atoms with Crippen molar-refractivity contribution in [2.45, 2.75) is 86.4 Å². The first-order valence-corrected chi connectivity index (χ1v) is 23.8. The predicted octanol–water partition coefficient (Wildman–Crippen LogP) is 12.9. The van der Waals surface area contributed by atoms with Gasteiger partial charge in [-0.2, -0.15) is 4.80 Å². The predicted molar refractivity (Wildman–Crippen MR) is 280 cm³/mol. The zero-order valence-corrected chi connectivity index (χ0v) is 43.9. The molecule has 0 aliphatic carbocycles. The molecule has 363 valence electrons. The molecule has 71 heavy (non-hydrogen) atoms. The maximum Gasteiger partial charge on any atom is 0.127 e. The number of hydrogen-bond acceptors (Lipinski definition) is 9. The van der Waals surface area contributed by atoms with Crippen molar-refractivity contribution in [2.75, 3.05) is 0 Å². The summed E-state index contributed by atoms with van der Waals surface area (Å²) in [6.45, 7) is 19.3. The van der Waals surface area contributed by atoms with Gasteiger partial charge in [0.15, 0.2) is 0 Å². The fraction of sp³-hybridized carbons (Fsp3) is 0.241. The molecule has 3 aromatic heterocycles. The molecule has 0 saturated heterocycles. The molecule has 0 bridgehead atoms. The second kappa shape index (κ2) is 20.9. The number of nitrogens with zero attached hydrogens (tertiary/aromatic N) is 9. The Morgan fingerprint density at radius 1 is 0.423 bits per heavy atom. The van der Waals surface area contributed by atoms with Crippen molar-refractivity contribution >= 4 is 54.6 Å². The first-order valence-electron chi connectivity index (χ1n) is 23.8. The topological polar surface area (TPSA) is 134 Å². The van der Waals surface area contributed by atoms with Gasteiger partial charge in [0.1, 0.15) is 44.6 Å². The van der Waals surface area contributed by atoms with E-state index in [9.17, 15) is 5.11 Å². The Hall–Kier alpha value is -7.47. The summed E-state index contributed by atoms with van der Waals surface area (Å²) in [7, 11) is 0. The number of rotatable bonds is 9. The summed E-state index contributed by atoms with van der Waals surface area (Å²) in [5.74, 6) is 1.71. The number of fused-ring (bicyclic) bond motifs is 5. The van der Waals surface area contributed by atoms with Crippen LogP contribution in [-0.4, -0.2) is 57.2 Å². The van der Waals surface area contributed by atoms with Crippen molar-refractivity contribution in [2.24, 2.45) is 5.41 Å². The van der Waals surface area contributed by atoms with E-state index in [0.717, 1.165) is 89.5 Å². The minimum atomic E-state index is -0.0642. The third kappa shape index (κ3) is 11.3. The van der Waals surface area contributed by atoms with Gasteiger partial charge in [0.2, 0.25) is 0 Å². The Morgan fingerprint density at radius 3 is 1.08 bits per heavy atom. The van der Waals surface area contributed by atoms with Gasteiger partial charge in [-0.3, -0.25) is 0 Å². The van der Waals surface area contributed by atoms with Crippen LogP contribution in [0.1, 0.15) is 74.3 Å². The Kier molecular flexibility index (Phi) is 14.7. The van der Waals surface area contributed by atoms with Gasteiger partial charge in [-0.15, -0.1) is 40.2 Å². The van der Waals surface area contributed by atoms with Crippen LogP contribution in [0.5, 0.6) is 17.2 Å². The molecule has 3 heterocycles. The van der Waals surface area contributed by atoms with E-state index in [1.165, 1.54) is 4.80 Å². The van der Waals surface area contributed by atoms with Crippen molar-refractivity contribution in [3.05, 3.63) is 169 Å². The van der Waals surface area contributed by atoms with Gasteiger partial charge in [-0.05, 0) is 117 Å². The number of hydrogen-bond donors (Lipinski definition) is 0. The van der Waals surface area contributed by atoms with Crippen LogP contribution >= 0.6 is 0 Å². The normalized spacial score (nSPS) is 11.7. The van der Waals surface area contributed by atoms with E-state index in [0.29, 0.717) is 5.69 Å². The minimum Gasteiger partial charge on any atom is -0.871 e. The van der Waals surface area contributed by atoms with Crippen molar-refractivity contribution < 1.29 is 34.7 Å². The summed E-state index contributed by atoms with van der Waals surface area (Å²) in [6, 6.07) is 53.3. The second-order valence-electron chi connectivity index (χ2n) is 19.8. The van der Waals surface area contributed by atoms with E-state index in [4.69, 9.17) is 9.47 Å². The quantitative estimate of drug-likeness (QED) is 0.138. The van der Waals surface area contributed by atoms with Crippen LogP contribution in [0.3, 0.4) is 0 Å². The van der Waals surface area contributed by atoms with E-state index in [2.05, 4.69) is 89.5 Å². The second-order valence-corrected chi connectivity index (χ2v) is 19.8. The van der Waals surface area contributed by atoms with E-state index < -0.39 is 0 Å². The van der Waals surface area contributed by atoms with Crippen molar-refractivity contribution in [1.82, 2.24) is 45.0 Å². The van der Waals surface area contributed by atoms with Gasteiger partial charge in [-0.1, -0.05) is 137 Å². The van der Waals surface area contributed by atoms with Crippen LogP contribution in [0.15, 0.2) is 164 Å². The van der Waals surface area contributed by atoms with E-state index in [1.54, 1.807) is 15.7 Å². The monoisotopic (exact) mass is 1120 g/mol.